The topological polar surface area (TPSA) is 106 Å². The van der Waals surface area contributed by atoms with Crippen LogP contribution in [0.4, 0.5) is 0 Å². The third-order valence-electron chi connectivity index (χ3n) is 6.69. The van der Waals surface area contributed by atoms with E-state index in [-0.39, 0.29) is 18.1 Å². The normalized spacial score (nSPS) is 12.2. The van der Waals surface area contributed by atoms with Crippen LogP contribution in [-0.4, -0.2) is 49.2 Å². The van der Waals surface area contributed by atoms with Crippen molar-refractivity contribution in [2.45, 2.75) is 59.7 Å². The summed E-state index contributed by atoms with van der Waals surface area (Å²) in [5.74, 6) is 0.186. The maximum Gasteiger partial charge on any atom is 0.327 e. The summed E-state index contributed by atoms with van der Waals surface area (Å²) < 4.78 is 6.61. The van der Waals surface area contributed by atoms with Gasteiger partial charge in [-0.15, -0.1) is 5.10 Å². The highest BCUT2D eigenvalue weighted by Gasteiger charge is 2.26. The minimum Gasteiger partial charge on any atom is -0.465 e. The number of hydrogen-bond donors (Lipinski definition) is 1. The van der Waals surface area contributed by atoms with E-state index in [0.29, 0.717) is 37.5 Å². The van der Waals surface area contributed by atoms with Crippen molar-refractivity contribution in [3.05, 3.63) is 87.0 Å². The van der Waals surface area contributed by atoms with E-state index in [2.05, 4.69) is 57.5 Å². The van der Waals surface area contributed by atoms with Crippen molar-refractivity contribution in [1.29, 1.82) is 0 Å². The van der Waals surface area contributed by atoms with Crippen molar-refractivity contribution in [1.82, 2.24) is 30.1 Å². The molecule has 0 saturated heterocycles. The highest BCUT2D eigenvalue weighted by atomic mass is 16.5. The van der Waals surface area contributed by atoms with Crippen LogP contribution in [-0.2, 0) is 29.0 Å². The lowest BCUT2D eigenvalue weighted by Crippen LogP contribution is -2.34. The van der Waals surface area contributed by atoms with Gasteiger partial charge in [-0.1, -0.05) is 49.4 Å². The molecule has 0 radical (unpaired) electrons. The number of nitrogens with one attached hydrogen (secondary N) is 1. The van der Waals surface area contributed by atoms with Crippen LogP contribution in [0.3, 0.4) is 0 Å². The second-order valence-electron chi connectivity index (χ2n) is 9.24. The highest BCUT2D eigenvalue weighted by molar-refractivity contribution is 5.85. The Morgan fingerprint density at radius 1 is 1.11 bits per heavy atom. The van der Waals surface area contributed by atoms with Gasteiger partial charge in [0.2, 0.25) is 0 Å². The largest absolute Gasteiger partial charge is 0.465 e. The Morgan fingerprint density at radius 2 is 1.86 bits per heavy atom. The summed E-state index contributed by atoms with van der Waals surface area (Å²) in [4.78, 5) is 30.7. The Kier molecular flexibility index (Phi) is 8.45. The van der Waals surface area contributed by atoms with Crippen LogP contribution < -0.4 is 5.56 Å². The summed E-state index contributed by atoms with van der Waals surface area (Å²) in [6.07, 6.45) is 1.49. The maximum atomic E-state index is 13.2. The Bertz CT molecular complexity index is 1410. The molecule has 9 heteroatoms. The number of rotatable bonds is 11. The number of carbonyl (C=O) groups is 1. The molecule has 37 heavy (non-hydrogen) atoms. The first-order chi connectivity index (χ1) is 17.9. The number of nitrogens with zero attached hydrogens (tertiary/aromatic N) is 5. The molecular weight excluding hydrogens is 468 g/mol. The number of aromatic nitrogens is 5. The Morgan fingerprint density at radius 3 is 2.59 bits per heavy atom. The van der Waals surface area contributed by atoms with Gasteiger partial charge in [-0.05, 0) is 66.8 Å². The van der Waals surface area contributed by atoms with E-state index in [9.17, 15) is 9.59 Å². The van der Waals surface area contributed by atoms with E-state index in [1.165, 1.54) is 10.2 Å². The molecule has 0 spiro atoms. The summed E-state index contributed by atoms with van der Waals surface area (Å²) in [6.45, 7) is 9.20. The molecule has 0 aliphatic heterocycles. The smallest absolute Gasteiger partial charge is 0.327 e. The lowest BCUT2D eigenvalue weighted by molar-refractivity contribution is -0.144. The van der Waals surface area contributed by atoms with Gasteiger partial charge in [0.1, 0.15) is 6.54 Å². The van der Waals surface area contributed by atoms with Gasteiger partial charge >= 0.3 is 5.97 Å². The molecule has 0 bridgehead atoms. The quantitative estimate of drug-likeness (QED) is 0.310. The lowest BCUT2D eigenvalue weighted by atomic mass is 10.0. The zero-order chi connectivity index (χ0) is 26.4. The van der Waals surface area contributed by atoms with E-state index in [1.807, 2.05) is 37.3 Å². The van der Waals surface area contributed by atoms with E-state index < -0.39 is 5.97 Å². The standard InChI is InChI=1S/C28H34N6O3/c1-5-24(27-30-31-32-34(27)18-25(35)37-6-2)33(15-14-21-10-8-7-9-11-21)17-22-16-23-19(3)12-13-20(4)26(23)29-28(22)36/h7-13,16,24H,5-6,14-15,17-18H2,1-4H3,(H,29,36). The second kappa shape index (κ2) is 11.9. The first-order valence-corrected chi connectivity index (χ1v) is 12.7. The summed E-state index contributed by atoms with van der Waals surface area (Å²) in [5.41, 5.74) is 4.79. The number of ether oxygens (including phenoxy) is 1. The number of aromatic amines is 1. The molecule has 1 atom stereocenters. The van der Waals surface area contributed by atoms with Crippen molar-refractivity contribution in [3.63, 3.8) is 0 Å². The molecule has 9 nitrogen and oxygen atoms in total. The second-order valence-corrected chi connectivity index (χ2v) is 9.24. The number of aryl methyl sites for hydroxylation is 2. The Balaban J connectivity index is 1.70. The molecule has 1 unspecified atom stereocenters. The molecular formula is C28H34N6O3. The van der Waals surface area contributed by atoms with Crippen LogP contribution in [0.2, 0.25) is 0 Å². The molecule has 2 heterocycles. The third-order valence-corrected chi connectivity index (χ3v) is 6.69. The number of hydrogen-bond acceptors (Lipinski definition) is 7. The molecule has 0 aliphatic carbocycles. The van der Waals surface area contributed by atoms with Gasteiger partial charge in [0, 0.05) is 24.0 Å². The molecule has 4 rings (SSSR count). The van der Waals surface area contributed by atoms with Crippen molar-refractivity contribution in [2.75, 3.05) is 13.2 Å². The van der Waals surface area contributed by atoms with Gasteiger partial charge in [0.05, 0.1) is 18.2 Å². The fourth-order valence-corrected chi connectivity index (χ4v) is 4.71. The Hall–Kier alpha value is -3.85. The van der Waals surface area contributed by atoms with E-state index in [1.54, 1.807) is 6.92 Å². The van der Waals surface area contributed by atoms with Crippen molar-refractivity contribution in [3.8, 4) is 0 Å². The number of carbonyl (C=O) groups excluding carboxylic acids is 1. The van der Waals surface area contributed by atoms with Crippen LogP contribution in [0.5, 0.6) is 0 Å². The van der Waals surface area contributed by atoms with Crippen LogP contribution in [0.25, 0.3) is 10.9 Å². The van der Waals surface area contributed by atoms with Crippen molar-refractivity contribution >= 4 is 16.9 Å². The molecule has 2 aromatic heterocycles. The van der Waals surface area contributed by atoms with Crippen molar-refractivity contribution in [2.24, 2.45) is 0 Å². The summed E-state index contributed by atoms with van der Waals surface area (Å²) in [6, 6.07) is 16.1. The van der Waals surface area contributed by atoms with Gasteiger partial charge in [-0.2, -0.15) is 0 Å². The monoisotopic (exact) mass is 502 g/mol. The summed E-state index contributed by atoms with van der Waals surface area (Å²) in [7, 11) is 0. The summed E-state index contributed by atoms with van der Waals surface area (Å²) >= 11 is 0. The predicted molar refractivity (Wildman–Crippen MR) is 142 cm³/mol. The molecule has 0 saturated carbocycles. The molecule has 0 aliphatic rings. The van der Waals surface area contributed by atoms with Gasteiger partial charge in [-0.3, -0.25) is 14.5 Å². The van der Waals surface area contributed by atoms with E-state index >= 15 is 0 Å². The number of pyridine rings is 1. The number of tetrazole rings is 1. The molecule has 2 aromatic carbocycles. The minimum atomic E-state index is -0.390. The predicted octanol–water partition coefficient (Wildman–Crippen LogP) is 3.89. The maximum absolute atomic E-state index is 13.2. The lowest BCUT2D eigenvalue weighted by Gasteiger charge is -2.30. The SMILES string of the molecule is CCOC(=O)Cn1nnnc1C(CC)N(CCc1ccccc1)Cc1cc2c(C)ccc(C)c2[nH]c1=O. The number of fused-ring (bicyclic) bond motifs is 1. The average Bonchev–Trinajstić information content (AvgIpc) is 3.34. The minimum absolute atomic E-state index is 0.0613. The molecule has 4 aromatic rings. The van der Waals surface area contributed by atoms with E-state index in [4.69, 9.17) is 4.74 Å². The third kappa shape index (κ3) is 6.11. The van der Waals surface area contributed by atoms with Gasteiger partial charge in [-0.25, -0.2) is 4.68 Å². The first-order valence-electron chi connectivity index (χ1n) is 12.7. The van der Waals surface area contributed by atoms with E-state index in [0.717, 1.165) is 28.5 Å². The number of H-pyrrole nitrogens is 1. The number of esters is 1. The fourth-order valence-electron chi connectivity index (χ4n) is 4.71. The molecule has 0 fully saturated rings. The van der Waals surface area contributed by atoms with Gasteiger partial charge in [0.25, 0.3) is 5.56 Å². The van der Waals surface area contributed by atoms with Gasteiger partial charge in [0.15, 0.2) is 5.82 Å². The molecule has 194 valence electrons. The van der Waals surface area contributed by atoms with Crippen LogP contribution >= 0.6 is 0 Å². The molecule has 1 N–H and O–H groups in total. The average molecular weight is 503 g/mol. The van der Waals surface area contributed by atoms with Crippen LogP contribution in [0, 0.1) is 13.8 Å². The zero-order valence-corrected chi connectivity index (χ0v) is 21.9. The Labute approximate surface area is 216 Å². The first kappa shape index (κ1) is 26.2. The highest BCUT2D eigenvalue weighted by Crippen LogP contribution is 2.26. The zero-order valence-electron chi connectivity index (χ0n) is 21.9. The summed E-state index contributed by atoms with van der Waals surface area (Å²) in [5, 5.41) is 13.2. The van der Waals surface area contributed by atoms with Crippen molar-refractivity contribution < 1.29 is 9.53 Å². The fraction of sp³-hybridized carbons (Fsp3) is 0.393. The molecule has 0 amide bonds. The van der Waals surface area contributed by atoms with Gasteiger partial charge < -0.3 is 9.72 Å². The van der Waals surface area contributed by atoms with Crippen LogP contribution in [0.15, 0.2) is 53.3 Å². The van der Waals surface area contributed by atoms with Crippen LogP contribution in [0.1, 0.15) is 54.4 Å². The number of benzene rings is 2.